The van der Waals surface area contributed by atoms with Crippen LogP contribution >= 0.6 is 0 Å². The van der Waals surface area contributed by atoms with Crippen molar-refractivity contribution in [3.05, 3.63) is 49.1 Å². The Morgan fingerprint density at radius 3 is 2.68 bits per heavy atom. The van der Waals surface area contributed by atoms with Crippen molar-refractivity contribution >= 4 is 17.5 Å². The van der Waals surface area contributed by atoms with E-state index >= 15 is 0 Å². The molecule has 1 heterocycles. The first-order valence-corrected chi connectivity index (χ1v) is 8.41. The highest BCUT2D eigenvalue weighted by Gasteiger charge is 2.35. The molecule has 7 nitrogen and oxygen atoms in total. The number of nitrogens with one attached hydrogen (secondary N) is 2. The number of anilines is 1. The second-order valence-electron chi connectivity index (χ2n) is 6.62. The molecule has 0 unspecified atom stereocenters. The number of benzene rings is 1. The molecule has 1 saturated carbocycles. The normalized spacial score (nSPS) is 23.6. The summed E-state index contributed by atoms with van der Waals surface area (Å²) in [4.78, 5) is 24.2. The van der Waals surface area contributed by atoms with Gasteiger partial charge < -0.3 is 10.6 Å². The maximum Gasteiger partial charge on any atom is 0.313 e. The Balaban J connectivity index is 1.33. The van der Waals surface area contributed by atoms with E-state index in [-0.39, 0.29) is 0 Å². The van der Waals surface area contributed by atoms with Gasteiger partial charge in [-0.2, -0.15) is 0 Å². The van der Waals surface area contributed by atoms with E-state index < -0.39 is 11.8 Å². The standard InChI is InChI=1S/C18H19N5O2/c24-17(19-9-14-7-12-4-5-13(14)6-12)18(25)22-15-2-1-3-16(8-15)23-10-20-21-11-23/h1-5,8,10-14H,6-7,9H2,(H,19,24)(H,22,25)/t12-,13+,14+/m1/s1. The third kappa shape index (κ3) is 3.31. The van der Waals surface area contributed by atoms with Gasteiger partial charge in [-0.15, -0.1) is 10.2 Å². The summed E-state index contributed by atoms with van der Waals surface area (Å²) in [7, 11) is 0. The van der Waals surface area contributed by atoms with E-state index in [0.717, 1.165) is 12.1 Å². The fraction of sp³-hybridized carbons (Fsp3) is 0.333. The molecular formula is C18H19N5O2. The molecule has 0 aliphatic heterocycles. The van der Waals surface area contributed by atoms with Crippen molar-refractivity contribution in [2.75, 3.05) is 11.9 Å². The molecule has 2 bridgehead atoms. The van der Waals surface area contributed by atoms with Crippen LogP contribution in [0.25, 0.3) is 5.69 Å². The SMILES string of the molecule is O=C(NC[C@@H]1C[C@@H]2C=C[C@H]1C2)C(=O)Nc1cccc(-n2cnnc2)c1. The molecule has 25 heavy (non-hydrogen) atoms. The van der Waals surface area contributed by atoms with E-state index in [0.29, 0.717) is 30.0 Å². The lowest BCUT2D eigenvalue weighted by Crippen LogP contribution is -2.38. The summed E-state index contributed by atoms with van der Waals surface area (Å²) < 4.78 is 1.72. The van der Waals surface area contributed by atoms with Crippen LogP contribution in [0.1, 0.15) is 12.8 Å². The van der Waals surface area contributed by atoms with E-state index in [4.69, 9.17) is 0 Å². The number of aromatic nitrogens is 3. The maximum absolute atomic E-state index is 12.1. The average molecular weight is 337 g/mol. The molecule has 128 valence electrons. The molecule has 2 aromatic rings. The predicted octanol–water partition coefficient (Wildman–Crippen LogP) is 1.53. The van der Waals surface area contributed by atoms with Crippen molar-refractivity contribution in [3.63, 3.8) is 0 Å². The Morgan fingerprint density at radius 1 is 1.12 bits per heavy atom. The van der Waals surface area contributed by atoms with Crippen LogP contribution in [-0.2, 0) is 9.59 Å². The van der Waals surface area contributed by atoms with Crippen LogP contribution in [0, 0.1) is 17.8 Å². The van der Waals surface area contributed by atoms with Crippen LogP contribution in [-0.4, -0.2) is 33.1 Å². The van der Waals surface area contributed by atoms with Gasteiger partial charge in [-0.1, -0.05) is 18.2 Å². The molecule has 2 aliphatic rings. The Morgan fingerprint density at radius 2 is 1.96 bits per heavy atom. The van der Waals surface area contributed by atoms with Gasteiger partial charge >= 0.3 is 11.8 Å². The van der Waals surface area contributed by atoms with E-state index in [1.54, 1.807) is 35.4 Å². The van der Waals surface area contributed by atoms with Gasteiger partial charge in [-0.3, -0.25) is 14.2 Å². The van der Waals surface area contributed by atoms with Gasteiger partial charge in [-0.05, 0) is 48.8 Å². The summed E-state index contributed by atoms with van der Waals surface area (Å²) in [5.41, 5.74) is 1.35. The van der Waals surface area contributed by atoms with Crippen LogP contribution < -0.4 is 10.6 Å². The molecule has 1 fully saturated rings. The van der Waals surface area contributed by atoms with Crippen molar-refractivity contribution < 1.29 is 9.59 Å². The smallest absolute Gasteiger partial charge is 0.313 e. The molecule has 7 heteroatoms. The highest BCUT2D eigenvalue weighted by atomic mass is 16.2. The van der Waals surface area contributed by atoms with Gasteiger partial charge in [0.25, 0.3) is 0 Å². The van der Waals surface area contributed by atoms with Crippen LogP contribution in [0.4, 0.5) is 5.69 Å². The number of fused-ring (bicyclic) bond motifs is 2. The largest absolute Gasteiger partial charge is 0.348 e. The first-order valence-electron chi connectivity index (χ1n) is 8.41. The van der Waals surface area contributed by atoms with E-state index in [1.807, 2.05) is 6.07 Å². The number of carbonyl (C=O) groups is 2. The molecule has 0 radical (unpaired) electrons. The minimum Gasteiger partial charge on any atom is -0.348 e. The minimum absolute atomic E-state index is 0.448. The van der Waals surface area contributed by atoms with E-state index in [9.17, 15) is 9.59 Å². The van der Waals surface area contributed by atoms with Crippen LogP contribution in [0.3, 0.4) is 0 Å². The minimum atomic E-state index is -0.653. The molecule has 2 N–H and O–H groups in total. The molecule has 0 spiro atoms. The Bertz CT molecular complexity index is 815. The van der Waals surface area contributed by atoms with E-state index in [1.165, 1.54) is 6.42 Å². The summed E-state index contributed by atoms with van der Waals surface area (Å²) in [6.45, 7) is 0.554. The third-order valence-electron chi connectivity index (χ3n) is 4.97. The zero-order valence-corrected chi connectivity index (χ0v) is 13.6. The van der Waals surface area contributed by atoms with Crippen molar-refractivity contribution in [2.45, 2.75) is 12.8 Å². The Labute approximate surface area is 145 Å². The lowest BCUT2D eigenvalue weighted by atomic mass is 9.94. The van der Waals surface area contributed by atoms with Gasteiger partial charge in [0.1, 0.15) is 12.7 Å². The monoisotopic (exact) mass is 337 g/mol. The molecule has 3 atom stereocenters. The topological polar surface area (TPSA) is 88.9 Å². The second kappa shape index (κ2) is 6.51. The Kier molecular flexibility index (Phi) is 4.05. The first-order chi connectivity index (χ1) is 12.2. The van der Waals surface area contributed by atoms with Gasteiger partial charge in [0.05, 0.1) is 5.69 Å². The van der Waals surface area contributed by atoms with Crippen molar-refractivity contribution in [3.8, 4) is 5.69 Å². The van der Waals surface area contributed by atoms with Crippen LogP contribution in [0.15, 0.2) is 49.1 Å². The van der Waals surface area contributed by atoms with E-state index in [2.05, 4.69) is 33.0 Å². The summed E-state index contributed by atoms with van der Waals surface area (Å²) in [5, 5.41) is 12.9. The van der Waals surface area contributed by atoms with Crippen LogP contribution in [0.2, 0.25) is 0 Å². The first kappa shape index (κ1) is 15.6. The number of nitrogens with zero attached hydrogens (tertiary/aromatic N) is 3. The van der Waals surface area contributed by atoms with Gasteiger partial charge in [-0.25, -0.2) is 0 Å². The molecule has 4 rings (SSSR count). The lowest BCUT2D eigenvalue weighted by Gasteiger charge is -2.18. The summed E-state index contributed by atoms with van der Waals surface area (Å²) in [6.07, 6.45) is 9.92. The van der Waals surface area contributed by atoms with Gasteiger partial charge in [0.15, 0.2) is 0 Å². The average Bonchev–Trinajstić information content (AvgIpc) is 3.37. The highest BCUT2D eigenvalue weighted by Crippen LogP contribution is 2.42. The number of amides is 2. The third-order valence-corrected chi connectivity index (χ3v) is 4.97. The van der Waals surface area contributed by atoms with Gasteiger partial charge in [0, 0.05) is 12.2 Å². The number of allylic oxidation sites excluding steroid dienone is 2. The quantitative estimate of drug-likeness (QED) is 0.654. The Hall–Kier alpha value is -2.96. The highest BCUT2D eigenvalue weighted by molar-refractivity contribution is 6.39. The van der Waals surface area contributed by atoms with Crippen molar-refractivity contribution in [1.29, 1.82) is 0 Å². The van der Waals surface area contributed by atoms with Gasteiger partial charge in [0.2, 0.25) is 0 Å². The molecular weight excluding hydrogens is 318 g/mol. The fourth-order valence-electron chi connectivity index (χ4n) is 3.70. The maximum atomic E-state index is 12.1. The predicted molar refractivity (Wildman–Crippen MR) is 91.8 cm³/mol. The number of hydrogen-bond acceptors (Lipinski definition) is 4. The van der Waals surface area contributed by atoms with Crippen molar-refractivity contribution in [2.24, 2.45) is 17.8 Å². The molecule has 2 aliphatic carbocycles. The molecule has 1 aromatic carbocycles. The number of hydrogen-bond donors (Lipinski definition) is 2. The fourth-order valence-corrected chi connectivity index (χ4v) is 3.70. The summed E-state index contributed by atoms with van der Waals surface area (Å²) in [6, 6.07) is 7.15. The van der Waals surface area contributed by atoms with Crippen molar-refractivity contribution in [1.82, 2.24) is 20.1 Å². The summed E-state index contributed by atoms with van der Waals surface area (Å²) in [5.74, 6) is 0.403. The number of rotatable bonds is 4. The number of carbonyl (C=O) groups excluding carboxylic acids is 2. The summed E-state index contributed by atoms with van der Waals surface area (Å²) >= 11 is 0. The van der Waals surface area contributed by atoms with Crippen LogP contribution in [0.5, 0.6) is 0 Å². The second-order valence-corrected chi connectivity index (χ2v) is 6.62. The zero-order valence-electron chi connectivity index (χ0n) is 13.6. The lowest BCUT2D eigenvalue weighted by molar-refractivity contribution is -0.136. The molecule has 2 amide bonds. The molecule has 1 aromatic heterocycles. The molecule has 0 saturated heterocycles. The zero-order chi connectivity index (χ0) is 17.2.